The van der Waals surface area contributed by atoms with Crippen LogP contribution in [0, 0.1) is 0 Å². The molecule has 6 nitrogen and oxygen atoms in total. The van der Waals surface area contributed by atoms with E-state index in [1.165, 1.54) is 21.6 Å². The van der Waals surface area contributed by atoms with Crippen LogP contribution in [0.4, 0.5) is 0 Å². The lowest BCUT2D eigenvalue weighted by atomic mass is 10.4. The number of ether oxygens (including phenoxy) is 1. The maximum Gasteiger partial charge on any atom is 0.325 e. The van der Waals surface area contributed by atoms with Gasteiger partial charge in [0.05, 0.1) is 18.2 Å². The van der Waals surface area contributed by atoms with Crippen LogP contribution in [-0.4, -0.2) is 65.5 Å². The maximum absolute atomic E-state index is 11.9. The number of thioether (sulfide) groups is 1. The Kier molecular flexibility index (Phi) is 5.97. The molecule has 0 spiro atoms. The molecule has 0 aromatic heterocycles. The zero-order valence-corrected chi connectivity index (χ0v) is 11.5. The topological polar surface area (TPSA) is 66.9 Å². The number of hydrogen-bond donors (Lipinski definition) is 0. The van der Waals surface area contributed by atoms with Gasteiger partial charge in [-0.2, -0.15) is 0 Å². The molecule has 0 N–H and O–H groups in total. The predicted octanol–water partition coefficient (Wildman–Crippen LogP) is -0.0691. The molecule has 0 aliphatic carbocycles. The van der Waals surface area contributed by atoms with Crippen molar-refractivity contribution in [1.29, 1.82) is 0 Å². The van der Waals surface area contributed by atoms with Crippen molar-refractivity contribution in [2.75, 3.05) is 37.9 Å². The van der Waals surface area contributed by atoms with Gasteiger partial charge in [-0.15, -0.1) is 11.8 Å². The minimum Gasteiger partial charge on any atom is -0.465 e. The van der Waals surface area contributed by atoms with Gasteiger partial charge in [0.1, 0.15) is 13.1 Å². The number of nitrogens with zero attached hydrogens (tertiary/aromatic N) is 2. The molecule has 1 fully saturated rings. The van der Waals surface area contributed by atoms with Crippen LogP contribution in [0.2, 0.25) is 0 Å². The number of esters is 1. The van der Waals surface area contributed by atoms with Gasteiger partial charge < -0.3 is 14.5 Å². The van der Waals surface area contributed by atoms with Gasteiger partial charge in [0.2, 0.25) is 11.8 Å². The Morgan fingerprint density at radius 2 is 2.17 bits per heavy atom. The second-order valence-electron chi connectivity index (χ2n) is 3.78. The van der Waals surface area contributed by atoms with Gasteiger partial charge in [-0.25, -0.2) is 0 Å². The largest absolute Gasteiger partial charge is 0.465 e. The van der Waals surface area contributed by atoms with E-state index in [2.05, 4.69) is 0 Å². The molecule has 0 saturated carbocycles. The van der Waals surface area contributed by atoms with Gasteiger partial charge in [-0.3, -0.25) is 14.4 Å². The summed E-state index contributed by atoms with van der Waals surface area (Å²) in [6.45, 7) is 4.21. The van der Waals surface area contributed by atoms with Crippen molar-refractivity contribution in [2.45, 2.75) is 13.8 Å². The van der Waals surface area contributed by atoms with Crippen LogP contribution < -0.4 is 0 Å². The van der Waals surface area contributed by atoms with E-state index >= 15 is 0 Å². The molecule has 2 amide bonds. The molecule has 7 heteroatoms. The van der Waals surface area contributed by atoms with Gasteiger partial charge in [0.15, 0.2) is 0 Å². The average molecular weight is 274 g/mol. The van der Waals surface area contributed by atoms with Crippen LogP contribution in [0.15, 0.2) is 0 Å². The van der Waals surface area contributed by atoms with Crippen LogP contribution in [0.3, 0.4) is 0 Å². The number of carbonyl (C=O) groups excluding carboxylic acids is 3. The maximum atomic E-state index is 11.9. The van der Waals surface area contributed by atoms with E-state index in [-0.39, 0.29) is 24.9 Å². The molecule has 1 aliphatic heterocycles. The van der Waals surface area contributed by atoms with E-state index < -0.39 is 5.97 Å². The summed E-state index contributed by atoms with van der Waals surface area (Å²) in [5, 5.41) is 0. The Balaban J connectivity index is 2.46. The molecule has 0 aromatic carbocycles. The normalized spacial score (nSPS) is 14.8. The molecule has 1 rings (SSSR count). The lowest BCUT2D eigenvalue weighted by Crippen LogP contribution is -2.43. The Hall–Kier alpha value is -1.24. The van der Waals surface area contributed by atoms with Gasteiger partial charge >= 0.3 is 5.97 Å². The quantitative estimate of drug-likeness (QED) is 0.634. The molecule has 1 saturated heterocycles. The fourth-order valence-electron chi connectivity index (χ4n) is 1.54. The van der Waals surface area contributed by atoms with Crippen molar-refractivity contribution in [3.8, 4) is 0 Å². The third-order valence-corrected chi connectivity index (χ3v) is 3.46. The summed E-state index contributed by atoms with van der Waals surface area (Å²) in [5.41, 5.74) is 0. The smallest absolute Gasteiger partial charge is 0.325 e. The Bertz CT molecular complexity index is 335. The summed E-state index contributed by atoms with van der Waals surface area (Å²) >= 11 is 1.49. The monoisotopic (exact) mass is 274 g/mol. The first-order valence-corrected chi connectivity index (χ1v) is 7.02. The van der Waals surface area contributed by atoms with E-state index in [0.717, 1.165) is 0 Å². The first-order valence-electron chi connectivity index (χ1n) is 5.87. The van der Waals surface area contributed by atoms with Crippen molar-refractivity contribution >= 4 is 29.5 Å². The summed E-state index contributed by atoms with van der Waals surface area (Å²) in [4.78, 5) is 37.5. The summed E-state index contributed by atoms with van der Waals surface area (Å²) in [5.74, 6) is 0.301. The number of amides is 2. The van der Waals surface area contributed by atoms with E-state index in [1.807, 2.05) is 0 Å². The minimum atomic E-state index is -0.421. The highest BCUT2D eigenvalue weighted by Crippen LogP contribution is 2.14. The summed E-state index contributed by atoms with van der Waals surface area (Å²) < 4.78 is 4.80. The summed E-state index contributed by atoms with van der Waals surface area (Å²) in [6.07, 6.45) is 0. The summed E-state index contributed by atoms with van der Waals surface area (Å²) in [6, 6.07) is 0. The van der Waals surface area contributed by atoms with Crippen LogP contribution in [0.5, 0.6) is 0 Å². The van der Waals surface area contributed by atoms with Crippen molar-refractivity contribution in [1.82, 2.24) is 9.80 Å². The standard InChI is InChI=1S/C11H18N2O4S/c1-3-12(6-11(16)17-4-2)9(14)5-13-8-18-7-10(13)15/h3-8H2,1-2H3. The fraction of sp³-hybridized carbons (Fsp3) is 0.727. The van der Waals surface area contributed by atoms with Crippen LogP contribution in [0.25, 0.3) is 0 Å². The lowest BCUT2D eigenvalue weighted by Gasteiger charge is -2.22. The number of likely N-dealkylation sites (N-methyl/N-ethyl adjacent to an activating group) is 1. The zero-order valence-electron chi connectivity index (χ0n) is 10.7. The third-order valence-electron chi connectivity index (χ3n) is 2.51. The van der Waals surface area contributed by atoms with Crippen LogP contribution in [-0.2, 0) is 19.1 Å². The van der Waals surface area contributed by atoms with Crippen molar-refractivity contribution in [2.24, 2.45) is 0 Å². The predicted molar refractivity (Wildman–Crippen MR) is 67.9 cm³/mol. The molecule has 0 bridgehead atoms. The Labute approximate surface area is 111 Å². The number of rotatable bonds is 6. The van der Waals surface area contributed by atoms with Crippen molar-refractivity contribution in [3.05, 3.63) is 0 Å². The lowest BCUT2D eigenvalue weighted by molar-refractivity contribution is -0.149. The highest BCUT2D eigenvalue weighted by atomic mass is 32.2. The van der Waals surface area contributed by atoms with Crippen LogP contribution >= 0.6 is 11.8 Å². The van der Waals surface area contributed by atoms with E-state index in [9.17, 15) is 14.4 Å². The van der Waals surface area contributed by atoms with E-state index in [0.29, 0.717) is 24.8 Å². The Morgan fingerprint density at radius 3 is 2.67 bits per heavy atom. The van der Waals surface area contributed by atoms with Crippen molar-refractivity contribution < 1.29 is 19.1 Å². The second-order valence-corrected chi connectivity index (χ2v) is 4.74. The molecule has 1 aliphatic rings. The van der Waals surface area contributed by atoms with E-state index in [4.69, 9.17) is 4.74 Å². The number of hydrogen-bond acceptors (Lipinski definition) is 5. The van der Waals surface area contributed by atoms with E-state index in [1.54, 1.807) is 13.8 Å². The first kappa shape index (κ1) is 14.8. The second kappa shape index (κ2) is 7.25. The molecule has 102 valence electrons. The van der Waals surface area contributed by atoms with Gasteiger partial charge in [-0.1, -0.05) is 0 Å². The molecule has 1 heterocycles. The highest BCUT2D eigenvalue weighted by Gasteiger charge is 2.25. The van der Waals surface area contributed by atoms with Crippen molar-refractivity contribution in [3.63, 3.8) is 0 Å². The SMILES string of the molecule is CCOC(=O)CN(CC)C(=O)CN1CSCC1=O. The highest BCUT2D eigenvalue weighted by molar-refractivity contribution is 8.00. The van der Waals surface area contributed by atoms with Gasteiger partial charge in [0.25, 0.3) is 0 Å². The first-order chi connectivity index (χ1) is 8.58. The molecule has 0 radical (unpaired) electrons. The molecule has 0 unspecified atom stereocenters. The molecular formula is C11H18N2O4S. The molecular weight excluding hydrogens is 256 g/mol. The van der Waals surface area contributed by atoms with Crippen LogP contribution in [0.1, 0.15) is 13.8 Å². The Morgan fingerprint density at radius 1 is 1.44 bits per heavy atom. The average Bonchev–Trinajstić information content (AvgIpc) is 2.72. The summed E-state index contributed by atoms with van der Waals surface area (Å²) in [7, 11) is 0. The molecule has 0 atom stereocenters. The molecule has 18 heavy (non-hydrogen) atoms. The minimum absolute atomic E-state index is 0.0273. The van der Waals surface area contributed by atoms with Gasteiger partial charge in [-0.05, 0) is 13.8 Å². The molecule has 0 aromatic rings. The van der Waals surface area contributed by atoms with Gasteiger partial charge in [0, 0.05) is 6.54 Å². The third kappa shape index (κ3) is 4.21. The zero-order chi connectivity index (χ0) is 13.5. The number of carbonyl (C=O) groups is 3. The fourth-order valence-corrected chi connectivity index (χ4v) is 2.45.